The first kappa shape index (κ1) is 19.9. The molecule has 4 rings (SSSR count). The van der Waals surface area contributed by atoms with Gasteiger partial charge in [-0.2, -0.15) is 5.10 Å². The van der Waals surface area contributed by atoms with E-state index in [2.05, 4.69) is 33.0 Å². The number of amides is 1. The highest BCUT2D eigenvalue weighted by molar-refractivity contribution is 5.79. The first-order valence-corrected chi connectivity index (χ1v) is 11.1. The number of carbonyl (C=O) groups is 1. The van der Waals surface area contributed by atoms with Crippen LogP contribution in [0.15, 0.2) is 6.07 Å². The van der Waals surface area contributed by atoms with Gasteiger partial charge in [0.15, 0.2) is 0 Å². The summed E-state index contributed by atoms with van der Waals surface area (Å²) in [4.78, 5) is 20.1. The number of likely N-dealkylation sites (tertiary alicyclic amines) is 2. The summed E-state index contributed by atoms with van der Waals surface area (Å²) in [6, 6.07) is 2.82. The van der Waals surface area contributed by atoms with Crippen LogP contribution < -0.4 is 0 Å². The van der Waals surface area contributed by atoms with Crippen molar-refractivity contribution in [2.45, 2.75) is 51.6 Å². The SMILES string of the molecule is CCc1cc(CN2CCC(N3CCC[C@@H](C(=O)N4CCOCC4)C3)CC2)[nH]n1. The van der Waals surface area contributed by atoms with Gasteiger partial charge in [-0.15, -0.1) is 0 Å². The van der Waals surface area contributed by atoms with Crippen LogP contribution in [0.25, 0.3) is 0 Å². The van der Waals surface area contributed by atoms with Gasteiger partial charge in [0.25, 0.3) is 0 Å². The van der Waals surface area contributed by atoms with Crippen molar-refractivity contribution in [1.82, 2.24) is 24.9 Å². The molecule has 1 N–H and O–H groups in total. The molecule has 3 aliphatic heterocycles. The van der Waals surface area contributed by atoms with Crippen molar-refractivity contribution in [3.05, 3.63) is 17.5 Å². The summed E-state index contributed by atoms with van der Waals surface area (Å²) in [5.74, 6) is 0.541. The van der Waals surface area contributed by atoms with Crippen LogP contribution in [-0.2, 0) is 22.5 Å². The van der Waals surface area contributed by atoms with Gasteiger partial charge in [0, 0.05) is 51.0 Å². The highest BCUT2D eigenvalue weighted by Gasteiger charge is 2.33. The number of rotatable bonds is 5. The molecule has 3 fully saturated rings. The van der Waals surface area contributed by atoms with Crippen LogP contribution in [0.2, 0.25) is 0 Å². The fourth-order valence-corrected chi connectivity index (χ4v) is 4.94. The highest BCUT2D eigenvalue weighted by atomic mass is 16.5. The van der Waals surface area contributed by atoms with Gasteiger partial charge in [0.2, 0.25) is 5.91 Å². The monoisotopic (exact) mass is 389 g/mol. The smallest absolute Gasteiger partial charge is 0.227 e. The first-order valence-electron chi connectivity index (χ1n) is 11.1. The number of aromatic amines is 1. The lowest BCUT2D eigenvalue weighted by Crippen LogP contribution is -2.52. The van der Waals surface area contributed by atoms with E-state index in [4.69, 9.17) is 4.74 Å². The molecule has 0 radical (unpaired) electrons. The minimum Gasteiger partial charge on any atom is -0.378 e. The number of aromatic nitrogens is 2. The number of carbonyl (C=O) groups excluding carboxylic acids is 1. The molecule has 3 aliphatic rings. The Hall–Kier alpha value is -1.44. The Bertz CT molecular complexity index is 634. The van der Waals surface area contributed by atoms with Gasteiger partial charge in [0.1, 0.15) is 0 Å². The van der Waals surface area contributed by atoms with E-state index in [1.807, 2.05) is 4.90 Å². The number of hydrogen-bond acceptors (Lipinski definition) is 5. The molecule has 156 valence electrons. The van der Waals surface area contributed by atoms with E-state index in [0.29, 0.717) is 25.2 Å². The predicted octanol–water partition coefficient (Wildman–Crippen LogP) is 1.51. The number of aryl methyl sites for hydroxylation is 1. The predicted molar refractivity (Wildman–Crippen MR) is 108 cm³/mol. The second-order valence-electron chi connectivity index (χ2n) is 8.52. The molecule has 3 saturated heterocycles. The fourth-order valence-electron chi connectivity index (χ4n) is 4.94. The summed E-state index contributed by atoms with van der Waals surface area (Å²) in [5, 5.41) is 7.52. The fraction of sp³-hybridized carbons (Fsp3) is 0.810. The Morgan fingerprint density at radius 1 is 1.18 bits per heavy atom. The number of H-pyrrole nitrogens is 1. The number of ether oxygens (including phenoxy) is 1. The molecule has 1 aromatic heterocycles. The second-order valence-corrected chi connectivity index (χ2v) is 8.52. The van der Waals surface area contributed by atoms with E-state index in [9.17, 15) is 4.79 Å². The van der Waals surface area contributed by atoms with Gasteiger partial charge in [-0.25, -0.2) is 0 Å². The van der Waals surface area contributed by atoms with Gasteiger partial charge in [0.05, 0.1) is 24.8 Å². The summed E-state index contributed by atoms with van der Waals surface area (Å²) < 4.78 is 5.40. The van der Waals surface area contributed by atoms with Crippen molar-refractivity contribution < 1.29 is 9.53 Å². The van der Waals surface area contributed by atoms with Gasteiger partial charge in [-0.1, -0.05) is 6.92 Å². The van der Waals surface area contributed by atoms with Crippen molar-refractivity contribution >= 4 is 5.91 Å². The maximum Gasteiger partial charge on any atom is 0.227 e. The topological polar surface area (TPSA) is 64.7 Å². The molecule has 0 aliphatic carbocycles. The number of nitrogens with zero attached hydrogens (tertiary/aromatic N) is 4. The number of morpholine rings is 1. The Morgan fingerprint density at radius 3 is 2.68 bits per heavy atom. The molecule has 0 unspecified atom stereocenters. The zero-order chi connectivity index (χ0) is 19.3. The molecular formula is C21H35N5O2. The van der Waals surface area contributed by atoms with Crippen molar-refractivity contribution in [2.24, 2.45) is 5.92 Å². The Labute approximate surface area is 168 Å². The minimum atomic E-state index is 0.183. The van der Waals surface area contributed by atoms with Crippen molar-refractivity contribution in [2.75, 3.05) is 52.5 Å². The summed E-state index contributed by atoms with van der Waals surface area (Å²) >= 11 is 0. The van der Waals surface area contributed by atoms with Crippen LogP contribution in [0, 0.1) is 5.92 Å². The van der Waals surface area contributed by atoms with Gasteiger partial charge >= 0.3 is 0 Å². The van der Waals surface area contributed by atoms with Crippen LogP contribution in [0.5, 0.6) is 0 Å². The van der Waals surface area contributed by atoms with Crippen LogP contribution >= 0.6 is 0 Å². The third kappa shape index (κ3) is 4.75. The maximum atomic E-state index is 12.9. The molecule has 4 heterocycles. The molecule has 28 heavy (non-hydrogen) atoms. The largest absolute Gasteiger partial charge is 0.378 e. The first-order chi connectivity index (χ1) is 13.7. The normalized spacial score (nSPS) is 25.9. The van der Waals surface area contributed by atoms with Crippen LogP contribution in [0.4, 0.5) is 0 Å². The Balaban J connectivity index is 1.25. The summed E-state index contributed by atoms with van der Waals surface area (Å²) in [7, 11) is 0. The lowest BCUT2D eigenvalue weighted by Gasteiger charge is -2.43. The molecule has 0 bridgehead atoms. The quantitative estimate of drug-likeness (QED) is 0.827. The summed E-state index contributed by atoms with van der Waals surface area (Å²) in [5.41, 5.74) is 2.37. The molecule has 1 atom stereocenters. The van der Waals surface area contributed by atoms with Crippen LogP contribution in [0.3, 0.4) is 0 Å². The highest BCUT2D eigenvalue weighted by Crippen LogP contribution is 2.26. The van der Waals surface area contributed by atoms with Crippen molar-refractivity contribution in [3.63, 3.8) is 0 Å². The lowest BCUT2D eigenvalue weighted by molar-refractivity contribution is -0.142. The van der Waals surface area contributed by atoms with Gasteiger partial charge in [-0.3, -0.25) is 19.7 Å². The lowest BCUT2D eigenvalue weighted by atomic mass is 9.92. The second kappa shape index (κ2) is 9.37. The van der Waals surface area contributed by atoms with Crippen molar-refractivity contribution in [3.8, 4) is 0 Å². The van der Waals surface area contributed by atoms with E-state index in [0.717, 1.165) is 70.8 Å². The number of nitrogens with one attached hydrogen (secondary N) is 1. The molecule has 1 amide bonds. The number of hydrogen-bond donors (Lipinski definition) is 1. The van der Waals surface area contributed by atoms with E-state index in [-0.39, 0.29) is 5.92 Å². The van der Waals surface area contributed by atoms with E-state index >= 15 is 0 Å². The maximum absolute atomic E-state index is 12.9. The average molecular weight is 390 g/mol. The third-order valence-corrected chi connectivity index (χ3v) is 6.64. The van der Waals surface area contributed by atoms with Crippen LogP contribution in [-0.4, -0.2) is 89.3 Å². The molecule has 7 nitrogen and oxygen atoms in total. The molecule has 0 spiro atoms. The minimum absolute atomic E-state index is 0.183. The van der Waals surface area contributed by atoms with Gasteiger partial charge in [-0.05, 0) is 44.7 Å². The molecule has 7 heteroatoms. The molecule has 0 saturated carbocycles. The van der Waals surface area contributed by atoms with E-state index < -0.39 is 0 Å². The third-order valence-electron chi connectivity index (χ3n) is 6.64. The zero-order valence-electron chi connectivity index (χ0n) is 17.2. The van der Waals surface area contributed by atoms with Gasteiger partial charge < -0.3 is 9.64 Å². The standard InChI is InChI=1S/C21H35N5O2/c1-2-18-14-19(23-22-18)16-24-8-5-20(6-9-24)26-7-3-4-17(15-26)21(27)25-10-12-28-13-11-25/h14,17,20H,2-13,15-16H2,1H3,(H,22,23)/t17-/m1/s1. The summed E-state index contributed by atoms with van der Waals surface area (Å²) in [6.07, 6.45) is 5.58. The molecular weight excluding hydrogens is 354 g/mol. The average Bonchev–Trinajstić information content (AvgIpc) is 3.22. The van der Waals surface area contributed by atoms with E-state index in [1.54, 1.807) is 0 Å². The Kier molecular flexibility index (Phi) is 6.65. The Morgan fingerprint density at radius 2 is 1.96 bits per heavy atom. The van der Waals surface area contributed by atoms with E-state index in [1.165, 1.54) is 18.5 Å². The number of piperidine rings is 2. The van der Waals surface area contributed by atoms with Crippen LogP contribution in [0.1, 0.15) is 44.0 Å². The zero-order valence-corrected chi connectivity index (χ0v) is 17.2. The molecule has 0 aromatic carbocycles. The van der Waals surface area contributed by atoms with Crippen molar-refractivity contribution in [1.29, 1.82) is 0 Å². The summed E-state index contributed by atoms with van der Waals surface area (Å²) in [6.45, 7) is 10.4. The molecule has 1 aromatic rings.